The standard InChI is InChI=1S/C18H10NO4/c20-11-13-8-9-14(19(22)23)10-17(13)18(21)16-7-3-5-12-4-1-2-6-15(12)16/h1-10H. The van der Waals surface area contributed by atoms with Gasteiger partial charge in [0.25, 0.3) is 5.69 Å². The van der Waals surface area contributed by atoms with Gasteiger partial charge in [-0.25, -0.2) is 0 Å². The van der Waals surface area contributed by atoms with E-state index in [2.05, 4.69) is 0 Å². The first-order valence-corrected chi connectivity index (χ1v) is 6.81. The molecule has 5 heteroatoms. The highest BCUT2D eigenvalue weighted by Crippen LogP contribution is 2.24. The second kappa shape index (κ2) is 5.81. The predicted molar refractivity (Wildman–Crippen MR) is 85.3 cm³/mol. The maximum Gasteiger partial charge on any atom is 0.270 e. The minimum absolute atomic E-state index is 0.00790. The van der Waals surface area contributed by atoms with E-state index < -0.39 is 10.7 Å². The monoisotopic (exact) mass is 304 g/mol. The van der Waals surface area contributed by atoms with Gasteiger partial charge in [-0.15, -0.1) is 0 Å². The Labute approximate surface area is 131 Å². The van der Waals surface area contributed by atoms with Crippen LogP contribution in [0.5, 0.6) is 0 Å². The Hall–Kier alpha value is -3.34. The topological polar surface area (TPSA) is 77.3 Å². The van der Waals surface area contributed by atoms with Gasteiger partial charge in [-0.05, 0) is 16.8 Å². The lowest BCUT2D eigenvalue weighted by molar-refractivity contribution is -0.384. The van der Waals surface area contributed by atoms with Crippen LogP contribution in [0.15, 0.2) is 60.7 Å². The zero-order valence-corrected chi connectivity index (χ0v) is 11.9. The highest BCUT2D eigenvalue weighted by atomic mass is 16.6. The second-order valence-electron chi connectivity index (χ2n) is 4.94. The number of carbonyl (C=O) groups is 1. The average molecular weight is 304 g/mol. The van der Waals surface area contributed by atoms with Crippen LogP contribution in [-0.4, -0.2) is 17.0 Å². The molecule has 0 aliphatic carbocycles. The Morgan fingerprint density at radius 1 is 0.957 bits per heavy atom. The van der Waals surface area contributed by atoms with Crippen LogP contribution in [0.1, 0.15) is 21.5 Å². The molecule has 0 aliphatic heterocycles. The first kappa shape index (κ1) is 14.6. The van der Waals surface area contributed by atoms with Crippen LogP contribution in [0.2, 0.25) is 0 Å². The summed E-state index contributed by atoms with van der Waals surface area (Å²) in [5.74, 6) is -0.441. The quantitative estimate of drug-likeness (QED) is 0.420. The number of carbonyl (C=O) groups excluding carboxylic acids is 2. The summed E-state index contributed by atoms with van der Waals surface area (Å²) < 4.78 is 0. The first-order valence-electron chi connectivity index (χ1n) is 6.81. The maximum atomic E-state index is 12.8. The molecule has 3 rings (SSSR count). The van der Waals surface area contributed by atoms with Crippen LogP contribution in [-0.2, 0) is 4.79 Å². The molecule has 0 bridgehead atoms. The summed E-state index contributed by atoms with van der Waals surface area (Å²) in [5, 5.41) is 12.5. The van der Waals surface area contributed by atoms with Crippen molar-refractivity contribution < 1.29 is 14.5 Å². The van der Waals surface area contributed by atoms with Gasteiger partial charge < -0.3 is 0 Å². The zero-order valence-electron chi connectivity index (χ0n) is 11.9. The predicted octanol–water partition coefficient (Wildman–Crippen LogP) is 3.44. The van der Waals surface area contributed by atoms with Crippen LogP contribution in [0, 0.1) is 10.1 Å². The van der Waals surface area contributed by atoms with Crippen molar-refractivity contribution in [3.8, 4) is 0 Å². The lowest BCUT2D eigenvalue weighted by atomic mass is 9.94. The molecule has 0 amide bonds. The van der Waals surface area contributed by atoms with E-state index in [-0.39, 0.29) is 16.8 Å². The van der Waals surface area contributed by atoms with Gasteiger partial charge in [0, 0.05) is 28.8 Å². The van der Waals surface area contributed by atoms with E-state index in [1.807, 2.05) is 18.2 Å². The molecule has 0 atom stereocenters. The molecule has 0 saturated carbocycles. The van der Waals surface area contributed by atoms with E-state index in [1.54, 1.807) is 30.6 Å². The normalized spacial score (nSPS) is 10.4. The molecule has 3 aromatic carbocycles. The van der Waals surface area contributed by atoms with Gasteiger partial charge in [-0.3, -0.25) is 19.7 Å². The largest absolute Gasteiger partial charge is 0.289 e. The fourth-order valence-electron chi connectivity index (χ4n) is 2.49. The highest BCUT2D eigenvalue weighted by molar-refractivity contribution is 6.19. The highest BCUT2D eigenvalue weighted by Gasteiger charge is 2.19. The summed E-state index contributed by atoms with van der Waals surface area (Å²) in [5.41, 5.74) is 0.131. The zero-order chi connectivity index (χ0) is 16.4. The van der Waals surface area contributed by atoms with Crippen molar-refractivity contribution in [2.45, 2.75) is 0 Å². The third-order valence-electron chi connectivity index (χ3n) is 3.60. The Bertz CT molecular complexity index is 941. The van der Waals surface area contributed by atoms with E-state index in [1.165, 1.54) is 12.1 Å². The number of fused-ring (bicyclic) bond motifs is 1. The van der Waals surface area contributed by atoms with Crippen molar-refractivity contribution in [2.24, 2.45) is 0 Å². The summed E-state index contributed by atoms with van der Waals surface area (Å²) in [6.45, 7) is 0. The van der Waals surface area contributed by atoms with E-state index in [0.717, 1.165) is 16.8 Å². The number of nitro groups is 1. The fourth-order valence-corrected chi connectivity index (χ4v) is 2.49. The van der Waals surface area contributed by atoms with Crippen LogP contribution >= 0.6 is 0 Å². The molecule has 0 fully saturated rings. The Kier molecular flexibility index (Phi) is 3.68. The number of hydrogen-bond acceptors (Lipinski definition) is 4. The number of ketones is 1. The van der Waals surface area contributed by atoms with Gasteiger partial charge in [0.15, 0.2) is 5.78 Å². The lowest BCUT2D eigenvalue weighted by Gasteiger charge is -2.07. The number of benzene rings is 3. The molecule has 1 radical (unpaired) electrons. The minimum atomic E-state index is -0.603. The average Bonchev–Trinajstić information content (AvgIpc) is 2.60. The van der Waals surface area contributed by atoms with Crippen molar-refractivity contribution in [3.63, 3.8) is 0 Å². The van der Waals surface area contributed by atoms with Crippen molar-refractivity contribution in [1.82, 2.24) is 0 Å². The molecule has 0 spiro atoms. The van der Waals surface area contributed by atoms with Crippen LogP contribution in [0.25, 0.3) is 10.8 Å². The molecule has 5 nitrogen and oxygen atoms in total. The minimum Gasteiger partial charge on any atom is -0.289 e. The second-order valence-corrected chi connectivity index (χ2v) is 4.94. The summed E-state index contributed by atoms with van der Waals surface area (Å²) in [6, 6.07) is 16.1. The molecule has 0 aliphatic rings. The number of nitro benzene ring substituents is 1. The number of rotatable bonds is 4. The molecule has 0 N–H and O–H groups in total. The first-order chi connectivity index (χ1) is 11.1. The van der Waals surface area contributed by atoms with Crippen molar-refractivity contribution in [3.05, 3.63) is 87.5 Å². The van der Waals surface area contributed by atoms with Crippen LogP contribution in [0.4, 0.5) is 5.69 Å². The summed E-state index contributed by atoms with van der Waals surface area (Å²) in [6.07, 6.45) is 1.67. The summed E-state index contributed by atoms with van der Waals surface area (Å²) in [7, 11) is 0. The molecular weight excluding hydrogens is 294 g/mol. The summed E-state index contributed by atoms with van der Waals surface area (Å²) in [4.78, 5) is 34.2. The van der Waals surface area contributed by atoms with Crippen molar-refractivity contribution in [2.75, 3.05) is 0 Å². The van der Waals surface area contributed by atoms with Gasteiger partial charge in [0.2, 0.25) is 6.29 Å². The molecule has 0 aromatic heterocycles. The van der Waals surface area contributed by atoms with E-state index >= 15 is 0 Å². The van der Waals surface area contributed by atoms with E-state index in [9.17, 15) is 19.7 Å². The van der Waals surface area contributed by atoms with Gasteiger partial charge in [-0.1, -0.05) is 42.5 Å². The van der Waals surface area contributed by atoms with E-state index in [4.69, 9.17) is 0 Å². The van der Waals surface area contributed by atoms with E-state index in [0.29, 0.717) is 5.56 Å². The molecule has 0 heterocycles. The molecule has 3 aromatic rings. The summed E-state index contributed by atoms with van der Waals surface area (Å²) >= 11 is 0. The van der Waals surface area contributed by atoms with Gasteiger partial charge in [0.1, 0.15) is 0 Å². The van der Waals surface area contributed by atoms with Gasteiger partial charge in [-0.2, -0.15) is 0 Å². The molecular formula is C18H10NO4. The Morgan fingerprint density at radius 3 is 2.43 bits per heavy atom. The van der Waals surface area contributed by atoms with Crippen molar-refractivity contribution in [1.29, 1.82) is 0 Å². The molecule has 111 valence electrons. The lowest BCUT2D eigenvalue weighted by Crippen LogP contribution is -2.07. The Morgan fingerprint density at radius 2 is 1.70 bits per heavy atom. The van der Waals surface area contributed by atoms with Gasteiger partial charge >= 0.3 is 0 Å². The maximum absolute atomic E-state index is 12.8. The third kappa shape index (κ3) is 2.60. The van der Waals surface area contributed by atoms with Gasteiger partial charge in [0.05, 0.1) is 4.92 Å². The molecule has 0 saturated heterocycles. The van der Waals surface area contributed by atoms with Crippen LogP contribution < -0.4 is 0 Å². The number of nitrogens with zero attached hydrogens (tertiary/aromatic N) is 1. The Balaban J connectivity index is 2.21. The number of hydrogen-bond donors (Lipinski definition) is 0. The molecule has 23 heavy (non-hydrogen) atoms. The fraction of sp³-hybridized carbons (Fsp3) is 0. The van der Waals surface area contributed by atoms with Crippen molar-refractivity contribution >= 4 is 28.5 Å². The van der Waals surface area contributed by atoms with Crippen LogP contribution in [0.3, 0.4) is 0 Å². The number of non-ortho nitro benzene ring substituents is 1. The smallest absolute Gasteiger partial charge is 0.270 e. The SMILES string of the molecule is O=[C]c1ccc([N+](=O)[O-])cc1C(=O)c1cccc2ccccc12. The molecule has 0 unspecified atom stereocenters. The third-order valence-corrected chi connectivity index (χ3v) is 3.60.